The summed E-state index contributed by atoms with van der Waals surface area (Å²) in [5.74, 6) is -6.58. The Morgan fingerprint density at radius 1 is 1.10 bits per heavy atom. The van der Waals surface area contributed by atoms with Gasteiger partial charge in [-0.25, -0.2) is 4.39 Å². The molecule has 0 radical (unpaired) electrons. The Balaban J connectivity index is 5.28. The standard InChI is InChI=1S/C14H19F6N3O7S/c15-5-30-12(13(16,17)18)14(19,20)31-4-7(10(27)22-3-9(25)26)23-8(24)2-1-6(21)11(28)29/h6-7,12H,1-5,21H2,(H,22,27)(H,23,24)(H,25,26)(H,28,29)/t6-,7-,12-/m0/s1. The van der Waals surface area contributed by atoms with Crippen LogP contribution >= 0.6 is 11.8 Å². The van der Waals surface area contributed by atoms with Gasteiger partial charge in [0.25, 0.3) is 0 Å². The van der Waals surface area contributed by atoms with Crippen molar-refractivity contribution in [2.75, 3.05) is 19.2 Å². The molecule has 3 atom stereocenters. The molecule has 0 bridgehead atoms. The van der Waals surface area contributed by atoms with Crippen molar-refractivity contribution in [2.45, 2.75) is 42.5 Å². The molecule has 0 aliphatic carbocycles. The Kier molecular flexibility index (Phi) is 11.6. The number of hydrogen-bond donors (Lipinski definition) is 5. The number of hydrogen-bond acceptors (Lipinski definition) is 7. The molecule has 2 amide bonds. The summed E-state index contributed by atoms with van der Waals surface area (Å²) in [6.45, 7) is -3.17. The monoisotopic (exact) mass is 487 g/mol. The van der Waals surface area contributed by atoms with Crippen LogP contribution in [0, 0.1) is 0 Å². The first-order valence-electron chi connectivity index (χ1n) is 8.15. The number of ether oxygens (including phenoxy) is 1. The highest BCUT2D eigenvalue weighted by Gasteiger charge is 2.57. The van der Waals surface area contributed by atoms with Gasteiger partial charge in [0.2, 0.25) is 17.9 Å². The summed E-state index contributed by atoms with van der Waals surface area (Å²) >= 11 is -0.791. The molecule has 10 nitrogen and oxygen atoms in total. The lowest BCUT2D eigenvalue weighted by molar-refractivity contribution is -0.269. The van der Waals surface area contributed by atoms with E-state index in [9.17, 15) is 45.5 Å². The number of thioether (sulfide) groups is 1. The molecule has 0 spiro atoms. The van der Waals surface area contributed by atoms with E-state index in [0.717, 1.165) is 0 Å². The third kappa shape index (κ3) is 11.1. The first-order valence-corrected chi connectivity index (χ1v) is 9.13. The maximum atomic E-state index is 13.9. The fourth-order valence-corrected chi connectivity index (χ4v) is 2.84. The van der Waals surface area contributed by atoms with Gasteiger partial charge in [0.15, 0.2) is 6.86 Å². The van der Waals surface area contributed by atoms with Gasteiger partial charge in [-0.15, -0.1) is 0 Å². The number of carboxylic acids is 2. The third-order valence-electron chi connectivity index (χ3n) is 3.34. The van der Waals surface area contributed by atoms with E-state index in [1.54, 1.807) is 5.32 Å². The SMILES string of the molecule is N[C@@H](CCC(=O)N[C@@H](CSC(F)(F)[C@@H](OCF)C(F)(F)F)C(=O)NCC(=O)O)C(=O)O. The average molecular weight is 487 g/mol. The summed E-state index contributed by atoms with van der Waals surface area (Å²) in [4.78, 5) is 44.9. The molecular formula is C14H19F6N3O7S. The molecule has 0 aromatic carbocycles. The van der Waals surface area contributed by atoms with E-state index in [1.807, 2.05) is 5.32 Å². The molecule has 0 aliphatic rings. The Labute approximate surface area is 174 Å². The van der Waals surface area contributed by atoms with Crippen molar-refractivity contribution in [2.24, 2.45) is 5.73 Å². The van der Waals surface area contributed by atoms with Crippen LogP contribution in [0.4, 0.5) is 26.3 Å². The van der Waals surface area contributed by atoms with Crippen LogP contribution in [0.1, 0.15) is 12.8 Å². The van der Waals surface area contributed by atoms with E-state index in [-0.39, 0.29) is 0 Å². The predicted molar refractivity (Wildman–Crippen MR) is 91.7 cm³/mol. The number of amides is 2. The molecule has 0 saturated heterocycles. The minimum absolute atomic E-state index is 0.422. The quantitative estimate of drug-likeness (QED) is 0.213. The summed E-state index contributed by atoms with van der Waals surface area (Å²) in [5, 5.41) is 16.0. The van der Waals surface area contributed by atoms with Crippen LogP contribution in [0.2, 0.25) is 0 Å². The molecule has 31 heavy (non-hydrogen) atoms. The number of rotatable bonds is 14. The highest BCUT2D eigenvalue weighted by Crippen LogP contribution is 2.42. The zero-order valence-electron chi connectivity index (χ0n) is 15.5. The van der Waals surface area contributed by atoms with Gasteiger partial charge in [-0.1, -0.05) is 11.8 Å². The van der Waals surface area contributed by atoms with Gasteiger partial charge >= 0.3 is 23.4 Å². The van der Waals surface area contributed by atoms with Gasteiger partial charge in [-0.2, -0.15) is 22.0 Å². The molecule has 6 N–H and O–H groups in total. The summed E-state index contributed by atoms with van der Waals surface area (Å²) in [6, 6.07) is -3.41. The van der Waals surface area contributed by atoms with Crippen LogP contribution in [-0.4, -0.2) is 82.7 Å². The van der Waals surface area contributed by atoms with E-state index < -0.39 is 97.1 Å². The Bertz CT molecular complexity index is 652. The van der Waals surface area contributed by atoms with Crippen LogP contribution < -0.4 is 16.4 Å². The summed E-state index contributed by atoms with van der Waals surface area (Å²) in [6.07, 6.45) is -10.5. The van der Waals surface area contributed by atoms with Crippen molar-refractivity contribution in [3.05, 3.63) is 0 Å². The molecule has 0 heterocycles. The zero-order valence-corrected chi connectivity index (χ0v) is 16.3. The normalized spacial score (nSPS) is 14.9. The molecule has 0 aromatic rings. The van der Waals surface area contributed by atoms with Crippen LogP contribution in [0.5, 0.6) is 0 Å². The van der Waals surface area contributed by atoms with Crippen LogP contribution in [0.3, 0.4) is 0 Å². The molecular weight excluding hydrogens is 468 g/mol. The van der Waals surface area contributed by atoms with Gasteiger partial charge < -0.3 is 31.3 Å². The van der Waals surface area contributed by atoms with Gasteiger partial charge in [-0.05, 0) is 6.42 Å². The lowest BCUT2D eigenvalue weighted by Gasteiger charge is -2.28. The highest BCUT2D eigenvalue weighted by molar-refractivity contribution is 8.00. The number of aliphatic carboxylic acids is 2. The third-order valence-corrected chi connectivity index (χ3v) is 4.44. The van der Waals surface area contributed by atoms with E-state index in [4.69, 9.17) is 15.9 Å². The molecule has 17 heteroatoms. The molecule has 0 unspecified atom stereocenters. The second-order valence-corrected chi connectivity index (χ2v) is 6.95. The van der Waals surface area contributed by atoms with Crippen molar-refractivity contribution in [3.63, 3.8) is 0 Å². The van der Waals surface area contributed by atoms with E-state index in [0.29, 0.717) is 0 Å². The molecule has 0 fully saturated rings. The highest BCUT2D eigenvalue weighted by atomic mass is 32.2. The van der Waals surface area contributed by atoms with Crippen molar-refractivity contribution in [1.82, 2.24) is 10.6 Å². The lowest BCUT2D eigenvalue weighted by atomic mass is 10.1. The van der Waals surface area contributed by atoms with Crippen molar-refractivity contribution >= 4 is 35.5 Å². The first kappa shape index (κ1) is 28.7. The predicted octanol–water partition coefficient (Wildman–Crippen LogP) is 0.0646. The fourth-order valence-electron chi connectivity index (χ4n) is 1.86. The number of nitrogens with two attached hydrogens (primary N) is 1. The van der Waals surface area contributed by atoms with E-state index in [1.165, 1.54) is 0 Å². The van der Waals surface area contributed by atoms with E-state index in [2.05, 4.69) is 4.74 Å². The lowest BCUT2D eigenvalue weighted by Crippen LogP contribution is -2.51. The van der Waals surface area contributed by atoms with Gasteiger partial charge in [0, 0.05) is 12.2 Å². The van der Waals surface area contributed by atoms with Gasteiger partial charge in [0.05, 0.1) is 0 Å². The van der Waals surface area contributed by atoms with Crippen LogP contribution in [0.15, 0.2) is 0 Å². The van der Waals surface area contributed by atoms with Gasteiger partial charge in [-0.3, -0.25) is 19.2 Å². The van der Waals surface area contributed by atoms with Gasteiger partial charge in [0.1, 0.15) is 18.6 Å². The zero-order chi connectivity index (χ0) is 24.4. The maximum Gasteiger partial charge on any atom is 0.421 e. The summed E-state index contributed by atoms with van der Waals surface area (Å²) < 4.78 is 81.4. The second kappa shape index (κ2) is 12.6. The second-order valence-electron chi connectivity index (χ2n) is 5.79. The molecule has 0 rings (SSSR count). The molecule has 0 saturated carbocycles. The average Bonchev–Trinajstić information content (AvgIpc) is 2.64. The smallest absolute Gasteiger partial charge is 0.421 e. The Morgan fingerprint density at radius 3 is 2.13 bits per heavy atom. The summed E-state index contributed by atoms with van der Waals surface area (Å²) in [5.41, 5.74) is 5.18. The first-order chi connectivity index (χ1) is 14.1. The Hall–Kier alpha value is -2.27. The molecule has 180 valence electrons. The van der Waals surface area contributed by atoms with E-state index >= 15 is 0 Å². The number of carbonyl (C=O) groups excluding carboxylic acids is 2. The number of nitrogens with one attached hydrogen (secondary N) is 2. The summed E-state index contributed by atoms with van der Waals surface area (Å²) in [7, 11) is 0. The van der Waals surface area contributed by atoms with Crippen LogP contribution in [0.25, 0.3) is 0 Å². The number of halogens is 6. The topological polar surface area (TPSA) is 168 Å². The molecule has 0 aliphatic heterocycles. The van der Waals surface area contributed by atoms with Crippen molar-refractivity contribution < 1.29 is 60.5 Å². The maximum absolute atomic E-state index is 13.9. The number of carbonyl (C=O) groups is 4. The largest absolute Gasteiger partial charge is 0.480 e. The Morgan fingerprint density at radius 2 is 1.68 bits per heavy atom. The van der Waals surface area contributed by atoms with Crippen molar-refractivity contribution in [1.29, 1.82) is 0 Å². The fraction of sp³-hybridized carbons (Fsp3) is 0.714. The number of carboxylic acid groups (broad SMARTS) is 2. The molecule has 0 aromatic heterocycles. The number of alkyl halides is 6. The minimum Gasteiger partial charge on any atom is -0.480 e. The minimum atomic E-state index is -5.67. The van der Waals surface area contributed by atoms with Crippen molar-refractivity contribution in [3.8, 4) is 0 Å². The van der Waals surface area contributed by atoms with Crippen LogP contribution in [-0.2, 0) is 23.9 Å².